The maximum atomic E-state index is 1.92. The van der Waals surface area contributed by atoms with Crippen molar-refractivity contribution in [3.63, 3.8) is 0 Å². The first-order valence-electron chi connectivity index (χ1n) is 4.62. The van der Waals surface area contributed by atoms with Crippen LogP contribution in [0.25, 0.3) is 0 Å². The summed E-state index contributed by atoms with van der Waals surface area (Å²) in [6, 6.07) is 0. The molecule has 0 radical (unpaired) electrons. The van der Waals surface area contributed by atoms with E-state index in [1.807, 2.05) is 11.1 Å². The van der Waals surface area contributed by atoms with Crippen molar-refractivity contribution in [3.8, 4) is 0 Å². The molecule has 0 nitrogen and oxygen atoms in total. The van der Waals surface area contributed by atoms with Crippen molar-refractivity contribution in [1.29, 1.82) is 0 Å². The van der Waals surface area contributed by atoms with Crippen LogP contribution in [0.4, 0.5) is 0 Å². The summed E-state index contributed by atoms with van der Waals surface area (Å²) in [7, 11) is 0. The van der Waals surface area contributed by atoms with E-state index in [1.165, 1.54) is 44.9 Å². The Balaban J connectivity index is 1.93. The molecule has 3 aliphatic carbocycles. The predicted molar refractivity (Wildman–Crippen MR) is 41.8 cm³/mol. The monoisotopic (exact) mass is 134 g/mol. The van der Waals surface area contributed by atoms with E-state index in [4.69, 9.17) is 0 Å². The molecule has 10 heavy (non-hydrogen) atoms. The quantitative estimate of drug-likeness (QED) is 0.447. The lowest BCUT2D eigenvalue weighted by atomic mass is 9.53. The third-order valence-electron chi connectivity index (χ3n) is 3.73. The second kappa shape index (κ2) is 1.49. The van der Waals surface area contributed by atoms with Gasteiger partial charge in [0.1, 0.15) is 0 Å². The highest BCUT2D eigenvalue weighted by Crippen LogP contribution is 2.62. The Morgan fingerprint density at radius 2 is 1.70 bits per heavy atom. The van der Waals surface area contributed by atoms with Gasteiger partial charge < -0.3 is 0 Å². The van der Waals surface area contributed by atoms with Crippen molar-refractivity contribution in [3.05, 3.63) is 11.1 Å². The van der Waals surface area contributed by atoms with E-state index in [2.05, 4.69) is 0 Å². The molecule has 0 amide bonds. The third kappa shape index (κ3) is 0.492. The highest BCUT2D eigenvalue weighted by atomic mass is 14.5. The lowest BCUT2D eigenvalue weighted by Gasteiger charge is -2.52. The minimum absolute atomic E-state index is 0.825. The van der Waals surface area contributed by atoms with Gasteiger partial charge in [-0.15, -0.1) is 0 Å². The van der Waals surface area contributed by atoms with E-state index in [9.17, 15) is 0 Å². The molecule has 0 atom stereocenters. The summed E-state index contributed by atoms with van der Waals surface area (Å²) < 4.78 is 0. The molecule has 1 spiro atoms. The molecule has 3 rings (SSSR count). The Morgan fingerprint density at radius 1 is 0.900 bits per heavy atom. The summed E-state index contributed by atoms with van der Waals surface area (Å²) in [6.07, 6.45) is 10.5. The molecule has 3 saturated carbocycles. The maximum Gasteiger partial charge on any atom is -0.00823 e. The van der Waals surface area contributed by atoms with Crippen LogP contribution >= 0.6 is 0 Å². The van der Waals surface area contributed by atoms with Gasteiger partial charge in [-0.25, -0.2) is 0 Å². The molecule has 0 aromatic carbocycles. The highest BCUT2D eigenvalue weighted by molar-refractivity contribution is 5.37. The van der Waals surface area contributed by atoms with Crippen molar-refractivity contribution in [2.24, 2.45) is 5.41 Å². The summed E-state index contributed by atoms with van der Waals surface area (Å²) >= 11 is 0. The fourth-order valence-electron chi connectivity index (χ4n) is 2.67. The summed E-state index contributed by atoms with van der Waals surface area (Å²) in [5, 5.41) is 0. The maximum absolute atomic E-state index is 1.92. The Kier molecular flexibility index (Phi) is 0.805. The van der Waals surface area contributed by atoms with Gasteiger partial charge in [-0.1, -0.05) is 17.6 Å². The smallest absolute Gasteiger partial charge is 0.00823 e. The SMILES string of the molecule is C1CC2(C1)CCC2=C1CC1. The lowest BCUT2D eigenvalue weighted by molar-refractivity contribution is 0.109. The first kappa shape index (κ1) is 5.40. The molecule has 0 N–H and O–H groups in total. The van der Waals surface area contributed by atoms with E-state index >= 15 is 0 Å². The van der Waals surface area contributed by atoms with Crippen molar-refractivity contribution in [2.45, 2.75) is 44.9 Å². The van der Waals surface area contributed by atoms with Crippen LogP contribution in [-0.2, 0) is 0 Å². The van der Waals surface area contributed by atoms with Crippen LogP contribution in [0.15, 0.2) is 11.1 Å². The number of hydrogen-bond acceptors (Lipinski definition) is 0. The van der Waals surface area contributed by atoms with E-state index in [1.54, 1.807) is 0 Å². The van der Waals surface area contributed by atoms with Crippen molar-refractivity contribution >= 4 is 0 Å². The minimum Gasteiger partial charge on any atom is -0.0698 e. The molecule has 0 aliphatic heterocycles. The number of allylic oxidation sites excluding steroid dienone is 2. The van der Waals surface area contributed by atoms with E-state index in [-0.39, 0.29) is 0 Å². The highest BCUT2D eigenvalue weighted by Gasteiger charge is 2.48. The van der Waals surface area contributed by atoms with Crippen LogP contribution in [0, 0.1) is 5.41 Å². The molecular formula is C10H14. The minimum atomic E-state index is 0.825. The van der Waals surface area contributed by atoms with Crippen LogP contribution in [0.3, 0.4) is 0 Å². The normalized spacial score (nSPS) is 33.6. The molecule has 0 heteroatoms. The summed E-state index contributed by atoms with van der Waals surface area (Å²) in [5.74, 6) is 0. The first-order chi connectivity index (χ1) is 4.91. The lowest BCUT2D eigenvalue weighted by Crippen LogP contribution is -2.39. The van der Waals surface area contributed by atoms with Crippen molar-refractivity contribution < 1.29 is 0 Å². The van der Waals surface area contributed by atoms with E-state index in [0.717, 1.165) is 5.41 Å². The van der Waals surface area contributed by atoms with Gasteiger partial charge in [0.25, 0.3) is 0 Å². The van der Waals surface area contributed by atoms with Gasteiger partial charge in [0.05, 0.1) is 0 Å². The fraction of sp³-hybridized carbons (Fsp3) is 0.800. The number of rotatable bonds is 0. The van der Waals surface area contributed by atoms with Crippen LogP contribution < -0.4 is 0 Å². The second-order valence-electron chi connectivity index (χ2n) is 4.22. The zero-order valence-corrected chi connectivity index (χ0v) is 6.45. The largest absolute Gasteiger partial charge is 0.0698 e. The van der Waals surface area contributed by atoms with Crippen LogP contribution in [0.1, 0.15) is 44.9 Å². The molecule has 54 valence electrons. The average Bonchev–Trinajstić information content (AvgIpc) is 2.41. The summed E-state index contributed by atoms with van der Waals surface area (Å²) in [5.41, 5.74) is 4.59. The second-order valence-corrected chi connectivity index (χ2v) is 4.22. The fourth-order valence-corrected chi connectivity index (χ4v) is 2.67. The van der Waals surface area contributed by atoms with Gasteiger partial charge in [0.2, 0.25) is 0 Å². The van der Waals surface area contributed by atoms with Crippen molar-refractivity contribution in [2.75, 3.05) is 0 Å². The van der Waals surface area contributed by atoms with Crippen molar-refractivity contribution in [1.82, 2.24) is 0 Å². The third-order valence-corrected chi connectivity index (χ3v) is 3.73. The Labute approximate surface area is 62.3 Å². The van der Waals surface area contributed by atoms with Crippen LogP contribution in [-0.4, -0.2) is 0 Å². The zero-order chi connectivity index (χ0) is 6.60. The summed E-state index contributed by atoms with van der Waals surface area (Å²) in [4.78, 5) is 0. The first-order valence-corrected chi connectivity index (χ1v) is 4.62. The molecule has 3 fully saturated rings. The molecule has 0 unspecified atom stereocenters. The van der Waals surface area contributed by atoms with Gasteiger partial charge in [0.15, 0.2) is 0 Å². The molecule has 0 heterocycles. The molecule has 0 saturated heterocycles. The number of hydrogen-bond donors (Lipinski definition) is 0. The van der Waals surface area contributed by atoms with Gasteiger partial charge in [-0.05, 0) is 43.9 Å². The van der Waals surface area contributed by atoms with Gasteiger partial charge in [-0.2, -0.15) is 0 Å². The average molecular weight is 134 g/mol. The molecular weight excluding hydrogens is 120 g/mol. The Bertz CT molecular complexity index is 195. The predicted octanol–water partition coefficient (Wildman–Crippen LogP) is 3.04. The molecule has 0 aromatic heterocycles. The molecule has 0 bridgehead atoms. The molecule has 3 aliphatic rings. The van der Waals surface area contributed by atoms with E-state index in [0.29, 0.717) is 0 Å². The Hall–Kier alpha value is -0.260. The standard InChI is InChI=1S/C10H14/c1-5-10(6-1)7-4-9(10)8-2-3-8/h1-7H2. The summed E-state index contributed by atoms with van der Waals surface area (Å²) in [6.45, 7) is 0. The molecule has 0 aromatic rings. The zero-order valence-electron chi connectivity index (χ0n) is 6.45. The van der Waals surface area contributed by atoms with Crippen LogP contribution in [0.2, 0.25) is 0 Å². The van der Waals surface area contributed by atoms with Gasteiger partial charge in [-0.3, -0.25) is 0 Å². The van der Waals surface area contributed by atoms with Gasteiger partial charge in [0, 0.05) is 0 Å². The van der Waals surface area contributed by atoms with E-state index < -0.39 is 0 Å². The Morgan fingerprint density at radius 3 is 2.00 bits per heavy atom. The van der Waals surface area contributed by atoms with Gasteiger partial charge >= 0.3 is 0 Å². The van der Waals surface area contributed by atoms with Crippen LogP contribution in [0.5, 0.6) is 0 Å². The topological polar surface area (TPSA) is 0 Å².